The van der Waals surface area contributed by atoms with Gasteiger partial charge in [0.1, 0.15) is 15.6 Å². The van der Waals surface area contributed by atoms with E-state index in [9.17, 15) is 8.42 Å². The number of hydrogen-bond acceptors (Lipinski definition) is 4. The minimum absolute atomic E-state index is 0.324. The average Bonchev–Trinajstić information content (AvgIpc) is 2.70. The third-order valence-corrected chi connectivity index (χ3v) is 7.34. The number of unbranched alkanes of at least 4 members (excludes halogenated alkanes) is 6. The summed E-state index contributed by atoms with van der Waals surface area (Å²) in [7, 11) is -0.940. The molecule has 0 fully saturated rings. The van der Waals surface area contributed by atoms with Crippen LogP contribution >= 0.6 is 15.9 Å². The van der Waals surface area contributed by atoms with Gasteiger partial charge in [-0.15, -0.1) is 0 Å². The molecule has 0 amide bonds. The number of rotatable bonds is 15. The van der Waals surface area contributed by atoms with Crippen molar-refractivity contribution in [2.24, 2.45) is 0 Å². The van der Waals surface area contributed by atoms with Gasteiger partial charge in [-0.1, -0.05) is 53.7 Å². The molecule has 0 radical (unpaired) electrons. The van der Waals surface area contributed by atoms with Crippen molar-refractivity contribution in [1.82, 2.24) is 5.32 Å². The first-order valence-electron chi connectivity index (χ1n) is 10.7. The van der Waals surface area contributed by atoms with E-state index < -0.39 is 9.84 Å². The third kappa shape index (κ3) is 9.96. The Hall–Kier alpha value is -1.11. The van der Waals surface area contributed by atoms with Crippen LogP contribution in [-0.2, 0) is 9.84 Å². The summed E-state index contributed by atoms with van der Waals surface area (Å²) >= 11 is 3.49. The molecular formula is C23H34BrNO3S. The number of fused-ring (bicyclic) bond motifs is 1. The Labute approximate surface area is 184 Å². The maximum absolute atomic E-state index is 12.1. The largest absolute Gasteiger partial charge is 0.494 e. The summed E-state index contributed by atoms with van der Waals surface area (Å²) in [4.78, 5) is 0. The Kier molecular flexibility index (Phi) is 11.0. The molecule has 0 saturated heterocycles. The number of hydrogen-bond donors (Lipinski definition) is 1. The molecule has 0 saturated carbocycles. The van der Waals surface area contributed by atoms with Crippen molar-refractivity contribution < 1.29 is 13.2 Å². The van der Waals surface area contributed by atoms with Crippen LogP contribution in [0.4, 0.5) is 0 Å². The zero-order chi connectivity index (χ0) is 21.0. The summed E-state index contributed by atoms with van der Waals surface area (Å²) < 4.78 is 31.1. The molecule has 2 aromatic carbocycles. The third-order valence-electron chi connectivity index (χ3n) is 5.02. The van der Waals surface area contributed by atoms with Crippen LogP contribution in [0.15, 0.2) is 40.9 Å². The lowest BCUT2D eigenvalue weighted by atomic mass is 10.1. The Bertz CT molecular complexity index is 839. The molecule has 0 atom stereocenters. The van der Waals surface area contributed by atoms with Crippen LogP contribution in [0.5, 0.6) is 5.75 Å². The van der Waals surface area contributed by atoms with Gasteiger partial charge in [0.05, 0.1) is 18.1 Å². The molecule has 0 heterocycles. The van der Waals surface area contributed by atoms with E-state index in [2.05, 4.69) is 45.5 Å². The first-order chi connectivity index (χ1) is 14.0. The maximum atomic E-state index is 12.1. The number of halogens is 1. The highest BCUT2D eigenvalue weighted by Crippen LogP contribution is 2.24. The maximum Gasteiger partial charge on any atom is 0.150 e. The Morgan fingerprint density at radius 1 is 0.828 bits per heavy atom. The van der Waals surface area contributed by atoms with E-state index >= 15 is 0 Å². The molecule has 0 unspecified atom stereocenters. The molecule has 29 heavy (non-hydrogen) atoms. The quantitative estimate of drug-likeness (QED) is 0.328. The van der Waals surface area contributed by atoms with Crippen molar-refractivity contribution in [3.63, 3.8) is 0 Å². The Balaban J connectivity index is 1.54. The molecule has 0 aliphatic rings. The lowest BCUT2D eigenvalue weighted by molar-refractivity contribution is 0.305. The van der Waals surface area contributed by atoms with Gasteiger partial charge in [0.25, 0.3) is 0 Å². The zero-order valence-corrected chi connectivity index (χ0v) is 19.9. The van der Waals surface area contributed by atoms with E-state index in [1.165, 1.54) is 5.39 Å². The molecule has 0 aliphatic heterocycles. The predicted octanol–water partition coefficient (Wildman–Crippen LogP) is 5.74. The summed E-state index contributed by atoms with van der Waals surface area (Å²) in [6, 6.07) is 12.3. The summed E-state index contributed by atoms with van der Waals surface area (Å²) in [6.07, 6.45) is 7.67. The smallest absolute Gasteiger partial charge is 0.150 e. The Morgan fingerprint density at radius 3 is 2.17 bits per heavy atom. The van der Waals surface area contributed by atoms with Crippen molar-refractivity contribution in [1.29, 1.82) is 0 Å². The standard InChI is InChI=1S/C23H34BrNO3S/c1-25-14-6-2-4-8-16-29(26,27)17-9-5-3-7-15-28-23-13-11-20-18-22(24)12-10-21(20)19-23/h10-13,18-19,25H,2-9,14-17H2,1H3. The van der Waals surface area contributed by atoms with Gasteiger partial charge in [-0.25, -0.2) is 8.42 Å². The van der Waals surface area contributed by atoms with Gasteiger partial charge in [0.15, 0.2) is 0 Å². The topological polar surface area (TPSA) is 55.4 Å². The van der Waals surface area contributed by atoms with Crippen molar-refractivity contribution in [2.75, 3.05) is 31.7 Å². The fourth-order valence-corrected chi connectivity index (χ4v) is 5.20. The van der Waals surface area contributed by atoms with Gasteiger partial charge in [-0.05, 0) is 74.3 Å². The van der Waals surface area contributed by atoms with E-state index in [0.29, 0.717) is 18.1 Å². The molecule has 6 heteroatoms. The van der Waals surface area contributed by atoms with Crippen LogP contribution in [-0.4, -0.2) is 40.1 Å². The van der Waals surface area contributed by atoms with E-state index in [-0.39, 0.29) is 0 Å². The highest BCUT2D eigenvalue weighted by atomic mass is 79.9. The van der Waals surface area contributed by atoms with Crippen LogP contribution in [0.3, 0.4) is 0 Å². The normalized spacial score (nSPS) is 11.8. The molecule has 162 valence electrons. The number of sulfone groups is 1. The molecule has 4 nitrogen and oxygen atoms in total. The second-order valence-electron chi connectivity index (χ2n) is 7.59. The summed E-state index contributed by atoms with van der Waals surface area (Å²) in [5.74, 6) is 1.55. The van der Waals surface area contributed by atoms with E-state index in [1.807, 2.05) is 19.2 Å². The van der Waals surface area contributed by atoms with E-state index in [4.69, 9.17) is 4.74 Å². The molecule has 1 N–H and O–H groups in total. The first kappa shape index (κ1) is 24.2. The van der Waals surface area contributed by atoms with Gasteiger partial charge in [-0.2, -0.15) is 0 Å². The second kappa shape index (κ2) is 13.2. The average molecular weight is 485 g/mol. The van der Waals surface area contributed by atoms with E-state index in [1.54, 1.807) is 0 Å². The lowest BCUT2D eigenvalue weighted by Crippen LogP contribution is -2.11. The molecular weight excluding hydrogens is 450 g/mol. The van der Waals surface area contributed by atoms with Gasteiger partial charge in [0.2, 0.25) is 0 Å². The first-order valence-corrected chi connectivity index (χ1v) is 13.3. The Morgan fingerprint density at radius 2 is 1.45 bits per heavy atom. The summed E-state index contributed by atoms with van der Waals surface area (Å²) in [5, 5.41) is 5.46. The monoisotopic (exact) mass is 483 g/mol. The molecule has 0 aliphatic carbocycles. The lowest BCUT2D eigenvalue weighted by Gasteiger charge is -2.08. The summed E-state index contributed by atoms with van der Waals surface area (Å²) in [5.41, 5.74) is 0. The zero-order valence-electron chi connectivity index (χ0n) is 17.5. The molecule has 0 spiro atoms. The molecule has 2 rings (SSSR count). The number of ether oxygens (including phenoxy) is 1. The fourth-order valence-electron chi connectivity index (χ4n) is 3.33. The van der Waals surface area contributed by atoms with Crippen molar-refractivity contribution >= 4 is 36.5 Å². The highest BCUT2D eigenvalue weighted by Gasteiger charge is 2.09. The highest BCUT2D eigenvalue weighted by molar-refractivity contribution is 9.10. The van der Waals surface area contributed by atoms with Crippen molar-refractivity contribution in [3.8, 4) is 5.75 Å². The van der Waals surface area contributed by atoms with Crippen molar-refractivity contribution in [3.05, 3.63) is 40.9 Å². The van der Waals surface area contributed by atoms with Crippen LogP contribution in [0.2, 0.25) is 0 Å². The van der Waals surface area contributed by atoms with Crippen LogP contribution in [0, 0.1) is 0 Å². The SMILES string of the molecule is CNCCCCCCS(=O)(=O)CCCCCCOc1ccc2cc(Br)ccc2c1. The van der Waals surface area contributed by atoms with Gasteiger partial charge in [-0.3, -0.25) is 0 Å². The molecule has 0 bridgehead atoms. The fraction of sp³-hybridized carbons (Fsp3) is 0.565. The van der Waals surface area contributed by atoms with Crippen LogP contribution in [0.1, 0.15) is 51.4 Å². The summed E-state index contributed by atoms with van der Waals surface area (Å²) in [6.45, 7) is 1.68. The predicted molar refractivity (Wildman–Crippen MR) is 127 cm³/mol. The second-order valence-corrected chi connectivity index (χ2v) is 10.8. The minimum Gasteiger partial charge on any atom is -0.494 e. The van der Waals surface area contributed by atoms with Gasteiger partial charge < -0.3 is 10.1 Å². The van der Waals surface area contributed by atoms with Gasteiger partial charge in [0, 0.05) is 4.47 Å². The van der Waals surface area contributed by atoms with Gasteiger partial charge >= 0.3 is 0 Å². The number of nitrogens with one attached hydrogen (secondary N) is 1. The molecule has 2 aromatic rings. The van der Waals surface area contributed by atoms with E-state index in [0.717, 1.165) is 73.5 Å². The van der Waals surface area contributed by atoms with Crippen LogP contribution < -0.4 is 10.1 Å². The van der Waals surface area contributed by atoms with Crippen molar-refractivity contribution in [2.45, 2.75) is 51.4 Å². The van der Waals surface area contributed by atoms with Crippen LogP contribution in [0.25, 0.3) is 10.8 Å². The molecule has 0 aromatic heterocycles. The minimum atomic E-state index is -2.88. The number of benzene rings is 2.